The molecule has 20 heavy (non-hydrogen) atoms. The number of halogens is 1. The molecule has 0 heterocycles. The molecule has 0 amide bonds. The molecule has 0 radical (unpaired) electrons. The zero-order valence-electron chi connectivity index (χ0n) is 11.7. The van der Waals surface area contributed by atoms with E-state index in [1.54, 1.807) is 19.1 Å². The molecule has 1 aromatic carbocycles. The molecule has 0 aliphatic rings. The van der Waals surface area contributed by atoms with Crippen molar-refractivity contribution in [1.82, 2.24) is 4.31 Å². The first-order valence-electron chi connectivity index (χ1n) is 6.16. The minimum atomic E-state index is -3.77. The van der Waals surface area contributed by atoms with Crippen molar-refractivity contribution in [3.8, 4) is 0 Å². The Labute approximate surface area is 124 Å². The summed E-state index contributed by atoms with van der Waals surface area (Å²) in [6.07, 6.45) is 0.593. The summed E-state index contributed by atoms with van der Waals surface area (Å²) < 4.78 is 30.9. The highest BCUT2D eigenvalue weighted by molar-refractivity contribution is 7.89. The average molecular weight is 320 g/mol. The second-order valence-corrected chi connectivity index (χ2v) is 6.59. The normalized spacial score (nSPS) is 11.7. The summed E-state index contributed by atoms with van der Waals surface area (Å²) in [6.45, 7) is 3.41. The van der Waals surface area contributed by atoms with E-state index in [4.69, 9.17) is 11.6 Å². The molecule has 0 spiro atoms. The molecule has 0 fully saturated rings. The third-order valence-electron chi connectivity index (χ3n) is 2.84. The standard InChI is InChI=1S/C13H18ClNO4S/c1-4-8-15(9-13(16)19-3)20(17,18)12-7-5-6-11(14)10(12)2/h5-7H,4,8-9H2,1-3H3. The number of hydrogen-bond acceptors (Lipinski definition) is 4. The number of ether oxygens (including phenoxy) is 1. The van der Waals surface area contributed by atoms with Gasteiger partial charge in [-0.2, -0.15) is 4.31 Å². The molecule has 112 valence electrons. The summed E-state index contributed by atoms with van der Waals surface area (Å²) in [5.74, 6) is -0.596. The van der Waals surface area contributed by atoms with Crippen LogP contribution in [0.4, 0.5) is 0 Å². The number of carbonyl (C=O) groups excluding carboxylic acids is 1. The van der Waals surface area contributed by atoms with Gasteiger partial charge in [0.15, 0.2) is 0 Å². The van der Waals surface area contributed by atoms with Gasteiger partial charge in [-0.25, -0.2) is 8.42 Å². The Kier molecular flexibility index (Phi) is 5.98. The van der Waals surface area contributed by atoms with E-state index in [9.17, 15) is 13.2 Å². The van der Waals surface area contributed by atoms with Crippen LogP contribution in [0, 0.1) is 6.92 Å². The van der Waals surface area contributed by atoms with Crippen LogP contribution in [0.15, 0.2) is 23.1 Å². The van der Waals surface area contributed by atoms with Crippen LogP contribution in [-0.4, -0.2) is 38.9 Å². The first kappa shape index (κ1) is 16.9. The van der Waals surface area contributed by atoms with E-state index >= 15 is 0 Å². The maximum Gasteiger partial charge on any atom is 0.321 e. The Morgan fingerprint density at radius 2 is 2.05 bits per heavy atom. The van der Waals surface area contributed by atoms with Crippen LogP contribution >= 0.6 is 11.6 Å². The first-order chi connectivity index (χ1) is 9.34. The monoisotopic (exact) mass is 319 g/mol. The van der Waals surface area contributed by atoms with E-state index in [1.807, 2.05) is 6.92 Å². The number of rotatable bonds is 6. The molecule has 1 rings (SSSR count). The summed E-state index contributed by atoms with van der Waals surface area (Å²) in [7, 11) is -2.55. The van der Waals surface area contributed by atoms with Gasteiger partial charge < -0.3 is 4.74 Å². The van der Waals surface area contributed by atoms with Crippen LogP contribution in [0.2, 0.25) is 5.02 Å². The number of hydrogen-bond donors (Lipinski definition) is 0. The molecular weight excluding hydrogens is 302 g/mol. The summed E-state index contributed by atoms with van der Waals surface area (Å²) in [4.78, 5) is 11.5. The lowest BCUT2D eigenvalue weighted by Gasteiger charge is -2.21. The first-order valence-corrected chi connectivity index (χ1v) is 7.98. The van der Waals surface area contributed by atoms with E-state index in [-0.39, 0.29) is 18.0 Å². The van der Waals surface area contributed by atoms with Gasteiger partial charge in [0.1, 0.15) is 6.54 Å². The number of benzene rings is 1. The molecular formula is C13H18ClNO4S. The maximum absolute atomic E-state index is 12.6. The van der Waals surface area contributed by atoms with Crippen molar-refractivity contribution in [1.29, 1.82) is 0 Å². The van der Waals surface area contributed by atoms with Crippen LogP contribution in [0.1, 0.15) is 18.9 Å². The number of methoxy groups -OCH3 is 1. The van der Waals surface area contributed by atoms with E-state index in [2.05, 4.69) is 4.74 Å². The van der Waals surface area contributed by atoms with Crippen molar-refractivity contribution < 1.29 is 17.9 Å². The molecule has 0 N–H and O–H groups in total. The fourth-order valence-electron chi connectivity index (χ4n) is 1.75. The zero-order chi connectivity index (χ0) is 15.3. The van der Waals surface area contributed by atoms with Gasteiger partial charge in [-0.3, -0.25) is 4.79 Å². The third kappa shape index (κ3) is 3.71. The van der Waals surface area contributed by atoms with Crippen molar-refractivity contribution in [3.63, 3.8) is 0 Å². The molecule has 1 aromatic rings. The quantitative estimate of drug-likeness (QED) is 0.754. The van der Waals surface area contributed by atoms with Gasteiger partial charge in [-0.1, -0.05) is 24.6 Å². The molecule has 0 bridgehead atoms. The Morgan fingerprint density at radius 1 is 1.40 bits per heavy atom. The van der Waals surface area contributed by atoms with Gasteiger partial charge in [0.25, 0.3) is 0 Å². The largest absolute Gasteiger partial charge is 0.468 e. The lowest BCUT2D eigenvalue weighted by Crippen LogP contribution is -2.37. The second kappa shape index (κ2) is 7.06. The Bertz CT molecular complexity index is 586. The van der Waals surface area contributed by atoms with Crippen LogP contribution < -0.4 is 0 Å². The minimum absolute atomic E-state index is 0.113. The molecule has 0 aromatic heterocycles. The van der Waals surface area contributed by atoms with Gasteiger partial charge in [0.2, 0.25) is 10.0 Å². The topological polar surface area (TPSA) is 63.7 Å². The third-order valence-corrected chi connectivity index (χ3v) is 5.24. The van der Waals surface area contributed by atoms with Gasteiger partial charge in [0, 0.05) is 11.6 Å². The summed E-state index contributed by atoms with van der Waals surface area (Å²) >= 11 is 5.96. The van der Waals surface area contributed by atoms with E-state index in [1.165, 1.54) is 13.2 Å². The molecule has 0 aliphatic carbocycles. The van der Waals surface area contributed by atoms with Crippen molar-refractivity contribution >= 4 is 27.6 Å². The number of nitrogens with zero attached hydrogens (tertiary/aromatic N) is 1. The van der Waals surface area contributed by atoms with Gasteiger partial charge in [-0.15, -0.1) is 0 Å². The van der Waals surface area contributed by atoms with Crippen LogP contribution in [0.5, 0.6) is 0 Å². The Hall–Kier alpha value is -1.11. The molecule has 0 aliphatic heterocycles. The SMILES string of the molecule is CCCN(CC(=O)OC)S(=O)(=O)c1cccc(Cl)c1C. The van der Waals surface area contributed by atoms with Gasteiger partial charge in [-0.05, 0) is 31.0 Å². The smallest absolute Gasteiger partial charge is 0.321 e. The van der Waals surface area contributed by atoms with Crippen molar-refractivity contribution in [2.45, 2.75) is 25.2 Å². The number of carbonyl (C=O) groups is 1. The molecule has 0 unspecified atom stereocenters. The second-order valence-electron chi connectivity index (χ2n) is 4.28. The molecule has 0 saturated carbocycles. The van der Waals surface area contributed by atoms with E-state index in [0.29, 0.717) is 17.0 Å². The van der Waals surface area contributed by atoms with E-state index < -0.39 is 16.0 Å². The fraction of sp³-hybridized carbons (Fsp3) is 0.462. The molecule has 5 nitrogen and oxygen atoms in total. The molecule has 0 saturated heterocycles. The number of esters is 1. The fourth-order valence-corrected chi connectivity index (χ4v) is 3.70. The zero-order valence-corrected chi connectivity index (χ0v) is 13.3. The number of sulfonamides is 1. The highest BCUT2D eigenvalue weighted by atomic mass is 35.5. The Morgan fingerprint density at radius 3 is 2.60 bits per heavy atom. The summed E-state index contributed by atoms with van der Waals surface area (Å²) in [5, 5.41) is 0.376. The van der Waals surface area contributed by atoms with Crippen LogP contribution in [0.3, 0.4) is 0 Å². The predicted molar refractivity (Wildman–Crippen MR) is 77.3 cm³/mol. The van der Waals surface area contributed by atoms with Crippen molar-refractivity contribution in [3.05, 3.63) is 28.8 Å². The molecule has 7 heteroatoms. The lowest BCUT2D eigenvalue weighted by atomic mass is 10.2. The maximum atomic E-state index is 12.6. The van der Waals surface area contributed by atoms with Crippen LogP contribution in [-0.2, 0) is 19.6 Å². The predicted octanol–water partition coefficient (Wildman–Crippen LogP) is 2.22. The van der Waals surface area contributed by atoms with Crippen LogP contribution in [0.25, 0.3) is 0 Å². The highest BCUT2D eigenvalue weighted by Crippen LogP contribution is 2.25. The van der Waals surface area contributed by atoms with Crippen molar-refractivity contribution in [2.75, 3.05) is 20.2 Å². The average Bonchev–Trinajstić information content (AvgIpc) is 2.40. The van der Waals surface area contributed by atoms with E-state index in [0.717, 1.165) is 4.31 Å². The Balaban J connectivity index is 3.22. The lowest BCUT2D eigenvalue weighted by molar-refractivity contribution is -0.140. The van der Waals surface area contributed by atoms with Gasteiger partial charge >= 0.3 is 5.97 Å². The highest BCUT2D eigenvalue weighted by Gasteiger charge is 2.28. The summed E-state index contributed by atoms with van der Waals surface area (Å²) in [6, 6.07) is 4.68. The van der Waals surface area contributed by atoms with Gasteiger partial charge in [0.05, 0.1) is 12.0 Å². The molecule has 0 atom stereocenters. The summed E-state index contributed by atoms with van der Waals surface area (Å²) in [5.41, 5.74) is 0.472. The minimum Gasteiger partial charge on any atom is -0.468 e. The van der Waals surface area contributed by atoms with Crippen molar-refractivity contribution in [2.24, 2.45) is 0 Å².